The Morgan fingerprint density at radius 3 is 2.40 bits per heavy atom. The van der Waals surface area contributed by atoms with E-state index in [9.17, 15) is 9.59 Å². The quantitative estimate of drug-likeness (QED) is 0.752. The molecule has 8 heteroatoms. The third-order valence-corrected chi connectivity index (χ3v) is 4.59. The van der Waals surface area contributed by atoms with Crippen LogP contribution in [0.1, 0.15) is 47.2 Å². The van der Waals surface area contributed by atoms with Gasteiger partial charge in [-0.3, -0.25) is 14.9 Å². The number of amides is 2. The van der Waals surface area contributed by atoms with Crippen molar-refractivity contribution in [2.75, 3.05) is 5.32 Å². The maximum Gasteiger partial charge on any atom is 0.270 e. The molecule has 0 aliphatic rings. The highest BCUT2D eigenvalue weighted by Crippen LogP contribution is 2.32. The number of carbonyl (C=O) groups is 2. The first kappa shape index (κ1) is 17.1. The Balaban J connectivity index is 1.99. The molecular weight excluding hydrogens is 338 g/mol. The lowest BCUT2D eigenvalue weighted by molar-refractivity contribution is 0.0993. The fourth-order valence-corrected chi connectivity index (χ4v) is 3.29. The van der Waals surface area contributed by atoms with Gasteiger partial charge in [0, 0.05) is 5.56 Å². The first-order valence-electron chi connectivity index (χ1n) is 7.74. The van der Waals surface area contributed by atoms with Crippen molar-refractivity contribution in [3.8, 4) is 0 Å². The van der Waals surface area contributed by atoms with Crippen LogP contribution >= 0.6 is 11.3 Å². The Morgan fingerprint density at radius 2 is 1.84 bits per heavy atom. The summed E-state index contributed by atoms with van der Waals surface area (Å²) in [5.41, 5.74) is 7.37. The summed E-state index contributed by atoms with van der Waals surface area (Å²) in [5, 5.41) is 7.46. The number of aromatic nitrogens is 3. The minimum atomic E-state index is -0.618. The number of carbonyl (C=O) groups excluding carboxylic acids is 2. The van der Waals surface area contributed by atoms with E-state index >= 15 is 0 Å². The van der Waals surface area contributed by atoms with E-state index in [0.29, 0.717) is 21.0 Å². The summed E-state index contributed by atoms with van der Waals surface area (Å²) >= 11 is 1.19. The maximum absolute atomic E-state index is 12.4. The predicted molar refractivity (Wildman–Crippen MR) is 98.1 cm³/mol. The topological polar surface area (TPSA) is 103 Å². The largest absolute Gasteiger partial charge is 0.364 e. The van der Waals surface area contributed by atoms with Crippen molar-refractivity contribution in [1.82, 2.24) is 14.8 Å². The van der Waals surface area contributed by atoms with Gasteiger partial charge < -0.3 is 5.73 Å². The second-order valence-electron chi connectivity index (χ2n) is 6.79. The molecule has 0 saturated carbocycles. The van der Waals surface area contributed by atoms with Crippen molar-refractivity contribution in [2.45, 2.75) is 33.2 Å². The van der Waals surface area contributed by atoms with Crippen LogP contribution in [0.4, 0.5) is 5.13 Å². The van der Waals surface area contributed by atoms with E-state index in [0.717, 1.165) is 5.56 Å². The number of nitrogens with one attached hydrogen (secondary N) is 1. The van der Waals surface area contributed by atoms with Gasteiger partial charge in [-0.15, -0.1) is 0 Å². The molecule has 7 nitrogen and oxygen atoms in total. The second kappa shape index (κ2) is 5.96. The summed E-state index contributed by atoms with van der Waals surface area (Å²) in [6, 6.07) is 7.25. The standard InChI is InChI=1S/C17H19N5O2S/c1-9-5-7-10(8-6-9)15(24)20-16-19-14-12(25-16)11(13(18)23)21-22(14)17(2,3)4/h5-8H,1-4H3,(H2,18,23)(H,19,20,24). The molecule has 0 unspecified atom stereocenters. The molecule has 0 atom stereocenters. The van der Waals surface area contributed by atoms with E-state index in [-0.39, 0.29) is 17.1 Å². The van der Waals surface area contributed by atoms with Gasteiger partial charge in [0.1, 0.15) is 4.70 Å². The normalized spacial score (nSPS) is 11.7. The first-order chi connectivity index (χ1) is 11.7. The molecule has 130 valence electrons. The van der Waals surface area contributed by atoms with Crippen LogP contribution in [0.3, 0.4) is 0 Å². The number of hydrogen-bond donors (Lipinski definition) is 2. The van der Waals surface area contributed by atoms with E-state index < -0.39 is 5.91 Å². The van der Waals surface area contributed by atoms with E-state index in [1.165, 1.54) is 11.3 Å². The van der Waals surface area contributed by atoms with Gasteiger partial charge in [-0.05, 0) is 39.8 Å². The van der Waals surface area contributed by atoms with Crippen LogP contribution in [0.5, 0.6) is 0 Å². The number of aryl methyl sites for hydroxylation is 1. The molecule has 0 spiro atoms. The molecule has 2 heterocycles. The van der Waals surface area contributed by atoms with Crippen LogP contribution in [0.25, 0.3) is 10.3 Å². The monoisotopic (exact) mass is 357 g/mol. The third-order valence-electron chi connectivity index (χ3n) is 3.63. The van der Waals surface area contributed by atoms with Gasteiger partial charge in [0.2, 0.25) is 0 Å². The lowest BCUT2D eigenvalue weighted by Gasteiger charge is -2.19. The van der Waals surface area contributed by atoms with E-state index in [1.54, 1.807) is 16.8 Å². The average Bonchev–Trinajstić information content (AvgIpc) is 3.04. The minimum absolute atomic E-state index is 0.165. The molecule has 3 rings (SSSR count). The Labute approximate surface area is 148 Å². The molecular formula is C17H19N5O2S. The third kappa shape index (κ3) is 3.25. The Hall–Kier alpha value is -2.74. The number of benzene rings is 1. The highest BCUT2D eigenvalue weighted by atomic mass is 32.1. The molecule has 0 aliphatic heterocycles. The summed E-state index contributed by atoms with van der Waals surface area (Å²) in [4.78, 5) is 28.5. The van der Waals surface area contributed by atoms with Crippen molar-refractivity contribution in [1.29, 1.82) is 0 Å². The van der Waals surface area contributed by atoms with Gasteiger partial charge in [-0.25, -0.2) is 4.68 Å². The minimum Gasteiger partial charge on any atom is -0.364 e. The van der Waals surface area contributed by atoms with Crippen LogP contribution in [0.2, 0.25) is 0 Å². The second-order valence-corrected chi connectivity index (χ2v) is 7.79. The number of hydrogen-bond acceptors (Lipinski definition) is 5. The van der Waals surface area contributed by atoms with Crippen LogP contribution in [0.15, 0.2) is 24.3 Å². The molecule has 3 N–H and O–H groups in total. The molecule has 0 saturated heterocycles. The fourth-order valence-electron chi connectivity index (χ4n) is 2.36. The molecule has 0 fully saturated rings. The van der Waals surface area contributed by atoms with E-state index in [1.807, 2.05) is 39.8 Å². The van der Waals surface area contributed by atoms with Crippen LogP contribution < -0.4 is 11.1 Å². The van der Waals surface area contributed by atoms with Gasteiger partial charge in [0.15, 0.2) is 16.5 Å². The fraction of sp³-hybridized carbons (Fsp3) is 0.294. The Bertz CT molecular complexity index is 963. The number of fused-ring (bicyclic) bond motifs is 1. The molecule has 1 aromatic carbocycles. The smallest absolute Gasteiger partial charge is 0.270 e. The summed E-state index contributed by atoms with van der Waals surface area (Å²) in [5.74, 6) is -0.875. The van der Waals surface area contributed by atoms with Gasteiger partial charge in [-0.2, -0.15) is 10.1 Å². The van der Waals surface area contributed by atoms with Gasteiger partial charge in [0.25, 0.3) is 11.8 Å². The highest BCUT2D eigenvalue weighted by Gasteiger charge is 2.26. The molecule has 3 aromatic rings. The maximum atomic E-state index is 12.4. The Morgan fingerprint density at radius 1 is 1.20 bits per heavy atom. The zero-order valence-corrected chi connectivity index (χ0v) is 15.3. The number of rotatable bonds is 3. The number of anilines is 1. The average molecular weight is 357 g/mol. The molecule has 2 aromatic heterocycles. The lowest BCUT2D eigenvalue weighted by atomic mass is 10.1. The highest BCUT2D eigenvalue weighted by molar-refractivity contribution is 7.22. The van der Waals surface area contributed by atoms with Crippen LogP contribution in [-0.2, 0) is 5.54 Å². The number of primary amides is 1. The summed E-state index contributed by atoms with van der Waals surface area (Å²) in [6.07, 6.45) is 0. The van der Waals surface area contributed by atoms with E-state index in [4.69, 9.17) is 5.73 Å². The number of nitrogens with zero attached hydrogens (tertiary/aromatic N) is 3. The number of thiazole rings is 1. The van der Waals surface area contributed by atoms with Crippen molar-refractivity contribution >= 4 is 38.6 Å². The van der Waals surface area contributed by atoms with Crippen LogP contribution in [0, 0.1) is 6.92 Å². The molecule has 0 aliphatic carbocycles. The summed E-state index contributed by atoms with van der Waals surface area (Å²) in [7, 11) is 0. The zero-order chi connectivity index (χ0) is 18.4. The molecule has 2 amide bonds. The molecule has 0 bridgehead atoms. The number of nitrogens with two attached hydrogens (primary N) is 1. The lowest BCUT2D eigenvalue weighted by Crippen LogP contribution is -2.24. The molecule has 0 radical (unpaired) electrons. The van der Waals surface area contributed by atoms with Gasteiger partial charge >= 0.3 is 0 Å². The van der Waals surface area contributed by atoms with Gasteiger partial charge in [-0.1, -0.05) is 29.0 Å². The summed E-state index contributed by atoms with van der Waals surface area (Å²) in [6.45, 7) is 7.81. The van der Waals surface area contributed by atoms with Crippen LogP contribution in [-0.4, -0.2) is 26.6 Å². The Kier molecular flexibility index (Phi) is 4.08. The van der Waals surface area contributed by atoms with Crippen molar-refractivity contribution in [3.05, 3.63) is 41.1 Å². The van der Waals surface area contributed by atoms with Crippen molar-refractivity contribution in [3.63, 3.8) is 0 Å². The van der Waals surface area contributed by atoms with Gasteiger partial charge in [0.05, 0.1) is 5.54 Å². The SMILES string of the molecule is Cc1ccc(C(=O)Nc2nc3c(s2)c(C(N)=O)nn3C(C)(C)C)cc1. The first-order valence-corrected chi connectivity index (χ1v) is 8.56. The van der Waals surface area contributed by atoms with E-state index in [2.05, 4.69) is 15.4 Å². The van der Waals surface area contributed by atoms with Crippen molar-refractivity contribution < 1.29 is 9.59 Å². The predicted octanol–water partition coefficient (Wildman–Crippen LogP) is 2.91. The zero-order valence-electron chi connectivity index (χ0n) is 14.5. The van der Waals surface area contributed by atoms with Crippen molar-refractivity contribution in [2.24, 2.45) is 5.73 Å². The summed E-state index contributed by atoms with van der Waals surface area (Å²) < 4.78 is 2.22. The molecule has 25 heavy (non-hydrogen) atoms.